The van der Waals surface area contributed by atoms with Crippen LogP contribution in [0.5, 0.6) is 0 Å². The minimum atomic E-state index is -3.92. The molecule has 0 bridgehead atoms. The van der Waals surface area contributed by atoms with Crippen molar-refractivity contribution in [2.75, 3.05) is 24.7 Å². The van der Waals surface area contributed by atoms with E-state index in [9.17, 15) is 16.8 Å². The summed E-state index contributed by atoms with van der Waals surface area (Å²) < 4.78 is 54.2. The largest absolute Gasteiger partial charge is 0.395 e. The predicted octanol–water partition coefficient (Wildman–Crippen LogP) is -2.65. The van der Waals surface area contributed by atoms with Crippen LogP contribution in [0, 0.1) is 0 Å². The smallest absolute Gasteiger partial charge is 0.267 e. The van der Waals surface area contributed by atoms with Crippen LogP contribution in [-0.2, 0) is 20.2 Å². The third kappa shape index (κ3) is 31.3. The molecule has 0 atom stereocenters. The minimum absolute atomic E-state index is 0. The Morgan fingerprint density at radius 3 is 0.933 bits per heavy atom. The second kappa shape index (κ2) is 10.4. The van der Waals surface area contributed by atoms with Crippen molar-refractivity contribution in [3.05, 3.63) is 0 Å². The number of rotatable bonds is 4. The van der Waals surface area contributed by atoms with Gasteiger partial charge in [-0.15, -0.1) is 0 Å². The normalized spacial score (nSPS) is 10.9. The van der Waals surface area contributed by atoms with Crippen molar-refractivity contribution in [2.24, 2.45) is 0 Å². The van der Waals surface area contributed by atoms with Gasteiger partial charge in [-0.2, -0.15) is 16.8 Å². The Bertz CT molecular complexity index is 285. The molecule has 0 aromatic carbocycles. The minimum Gasteiger partial charge on any atom is -0.395 e. The molecule has 0 rings (SSSR count). The van der Waals surface area contributed by atoms with Crippen molar-refractivity contribution < 1.29 is 36.2 Å². The summed E-state index contributed by atoms with van der Waals surface area (Å²) in [5.41, 5.74) is 0. The topological polar surface area (TPSA) is 149 Å². The van der Waals surface area contributed by atoms with Crippen LogP contribution in [0.3, 0.4) is 0 Å². The third-order valence-corrected chi connectivity index (χ3v) is 2.10. The molecule has 0 saturated heterocycles. The summed E-state index contributed by atoms with van der Waals surface area (Å²) in [7, 11) is -7.85. The molecule has 0 spiro atoms. The summed E-state index contributed by atoms with van der Waals surface area (Å²) in [4.78, 5) is 0. The molecule has 0 aromatic rings. The molecule has 0 fully saturated rings. The van der Waals surface area contributed by atoms with Crippen LogP contribution in [0.15, 0.2) is 0 Å². The molecular weight excluding hydrogens is 328 g/mol. The molecule has 0 amide bonds. The molecule has 2 radical (unpaired) electrons. The van der Waals surface area contributed by atoms with Crippen molar-refractivity contribution in [3.8, 4) is 0 Å². The van der Waals surface area contributed by atoms with E-state index in [0.29, 0.717) is 0 Å². The molecule has 0 aliphatic rings. The van der Waals surface area contributed by atoms with Gasteiger partial charge >= 0.3 is 0 Å². The third-order valence-electron chi connectivity index (χ3n) is 0.698. The monoisotopic (exact) mass is 340 g/mol. The van der Waals surface area contributed by atoms with E-state index in [1.54, 1.807) is 0 Å². The molecule has 90 valence electrons. The molecule has 0 saturated carbocycles. The average molecular weight is 340 g/mol. The fourth-order valence-electron chi connectivity index (χ4n) is 0.231. The molecule has 0 heterocycles. The quantitative estimate of drug-likeness (QED) is 0.320. The van der Waals surface area contributed by atoms with Gasteiger partial charge in [0, 0.05) is 45.5 Å². The van der Waals surface area contributed by atoms with Crippen LogP contribution in [-0.4, -0.2) is 106 Å². The predicted molar refractivity (Wildman–Crippen MR) is 52.8 cm³/mol. The van der Waals surface area contributed by atoms with Crippen LogP contribution >= 0.6 is 0 Å². The summed E-state index contributed by atoms with van der Waals surface area (Å²) in [5, 5.41) is 15.7. The van der Waals surface area contributed by atoms with E-state index in [-0.39, 0.29) is 45.5 Å². The van der Waals surface area contributed by atoms with Crippen LogP contribution in [0.2, 0.25) is 0 Å². The molecular formula is C4H12O8S2Sr. The Labute approximate surface area is 125 Å². The Balaban J connectivity index is -0.000000180. The summed E-state index contributed by atoms with van der Waals surface area (Å²) >= 11 is 0. The van der Waals surface area contributed by atoms with Gasteiger partial charge in [0.05, 0.1) is 24.7 Å². The average Bonchev–Trinajstić information content (AvgIpc) is 1.81. The summed E-state index contributed by atoms with van der Waals surface area (Å²) in [5.74, 6) is -1.15. The van der Waals surface area contributed by atoms with Gasteiger partial charge in [0.15, 0.2) is 0 Å². The van der Waals surface area contributed by atoms with Crippen molar-refractivity contribution in [1.82, 2.24) is 0 Å². The van der Waals surface area contributed by atoms with Gasteiger partial charge in [-0.3, -0.25) is 9.11 Å². The maximum absolute atomic E-state index is 9.63. The molecule has 0 aliphatic carbocycles. The Hall–Kier alpha value is 1.22. The van der Waals surface area contributed by atoms with Gasteiger partial charge in [-0.25, -0.2) is 0 Å². The maximum Gasteiger partial charge on any atom is 0.267 e. The molecule has 0 aromatic heterocycles. The van der Waals surface area contributed by atoms with E-state index in [4.69, 9.17) is 19.3 Å². The molecule has 11 heteroatoms. The zero-order chi connectivity index (χ0) is 11.8. The first-order chi connectivity index (χ1) is 6.12. The Kier molecular flexibility index (Phi) is 14.9. The molecule has 0 unspecified atom stereocenters. The first kappa shape index (κ1) is 21.5. The van der Waals surface area contributed by atoms with Crippen LogP contribution in [0.4, 0.5) is 0 Å². The zero-order valence-corrected chi connectivity index (χ0v) is 12.9. The van der Waals surface area contributed by atoms with Gasteiger partial charge in [0.1, 0.15) is 0 Å². The zero-order valence-electron chi connectivity index (χ0n) is 7.77. The standard InChI is InChI=1S/2C2H6O4S.Sr/c2*3-1-2-7(4,5)6;/h2*3H,1-2H2,(H,4,5,6);. The second-order valence-electron chi connectivity index (χ2n) is 2.02. The molecule has 15 heavy (non-hydrogen) atoms. The Morgan fingerprint density at radius 1 is 0.733 bits per heavy atom. The molecule has 4 N–H and O–H groups in total. The maximum atomic E-state index is 9.63. The SMILES string of the molecule is O=S(=O)(O)CCO.O=S(=O)(O)CCO.[Sr]. The summed E-state index contributed by atoms with van der Waals surface area (Å²) in [6.07, 6.45) is 0. The van der Waals surface area contributed by atoms with Gasteiger partial charge in [0.2, 0.25) is 0 Å². The van der Waals surface area contributed by atoms with Crippen molar-refractivity contribution in [1.29, 1.82) is 0 Å². The number of hydrogen-bond acceptors (Lipinski definition) is 6. The van der Waals surface area contributed by atoms with Crippen LogP contribution in [0.1, 0.15) is 0 Å². The van der Waals surface area contributed by atoms with Crippen LogP contribution in [0.25, 0.3) is 0 Å². The number of hydrogen-bond donors (Lipinski definition) is 4. The van der Waals surface area contributed by atoms with Crippen LogP contribution < -0.4 is 0 Å². The van der Waals surface area contributed by atoms with Crippen molar-refractivity contribution in [2.45, 2.75) is 0 Å². The van der Waals surface area contributed by atoms with E-state index in [1.807, 2.05) is 0 Å². The summed E-state index contributed by atoms with van der Waals surface area (Å²) in [6.45, 7) is -1.06. The number of aliphatic hydroxyl groups is 2. The second-order valence-corrected chi connectivity index (χ2v) is 5.16. The van der Waals surface area contributed by atoms with E-state index < -0.39 is 45.0 Å². The molecule has 0 aliphatic heterocycles. The van der Waals surface area contributed by atoms with Crippen molar-refractivity contribution in [3.63, 3.8) is 0 Å². The first-order valence-electron chi connectivity index (χ1n) is 3.24. The van der Waals surface area contributed by atoms with E-state index in [1.165, 1.54) is 0 Å². The van der Waals surface area contributed by atoms with Gasteiger partial charge in [0.25, 0.3) is 20.2 Å². The van der Waals surface area contributed by atoms with E-state index >= 15 is 0 Å². The first-order valence-corrected chi connectivity index (χ1v) is 6.46. The van der Waals surface area contributed by atoms with E-state index in [0.717, 1.165) is 0 Å². The fourth-order valence-corrected chi connectivity index (χ4v) is 0.692. The van der Waals surface area contributed by atoms with Gasteiger partial charge in [-0.05, 0) is 0 Å². The summed E-state index contributed by atoms with van der Waals surface area (Å²) in [6, 6.07) is 0. The Morgan fingerprint density at radius 2 is 0.933 bits per heavy atom. The fraction of sp³-hybridized carbons (Fsp3) is 1.00. The number of aliphatic hydroxyl groups excluding tert-OH is 2. The van der Waals surface area contributed by atoms with Gasteiger partial charge < -0.3 is 10.2 Å². The van der Waals surface area contributed by atoms with Crippen molar-refractivity contribution >= 4 is 65.7 Å². The molecule has 8 nitrogen and oxygen atoms in total. The van der Waals surface area contributed by atoms with E-state index in [2.05, 4.69) is 0 Å². The van der Waals surface area contributed by atoms with Gasteiger partial charge in [-0.1, -0.05) is 0 Å².